The van der Waals surface area contributed by atoms with Crippen molar-refractivity contribution in [2.24, 2.45) is 0 Å². The lowest BCUT2D eigenvalue weighted by atomic mass is 10.1. The van der Waals surface area contributed by atoms with Gasteiger partial charge in [-0.05, 0) is 48.6 Å². The summed E-state index contributed by atoms with van der Waals surface area (Å²) in [5, 5.41) is 0. The molecule has 29 heavy (non-hydrogen) atoms. The highest BCUT2D eigenvalue weighted by atomic mass is 19.3. The van der Waals surface area contributed by atoms with E-state index in [1.165, 1.54) is 44.2 Å². The van der Waals surface area contributed by atoms with Crippen LogP contribution < -0.4 is 4.74 Å². The van der Waals surface area contributed by atoms with Gasteiger partial charge in [0.25, 0.3) is 0 Å². The molecular weight excluding hydrogens is 384 g/mol. The Morgan fingerprint density at radius 2 is 1.55 bits per heavy atom. The number of aromatic nitrogens is 2. The maximum absolute atomic E-state index is 12.9. The average molecular weight is 408 g/mol. The predicted octanol–water partition coefficient (Wildman–Crippen LogP) is 6.02. The Balaban J connectivity index is 1.85. The van der Waals surface area contributed by atoms with Gasteiger partial charge in [0.15, 0.2) is 0 Å². The fourth-order valence-corrected chi connectivity index (χ4v) is 2.59. The molecular formula is C22H24F4N2O. The van der Waals surface area contributed by atoms with Gasteiger partial charge < -0.3 is 4.74 Å². The normalized spacial score (nSPS) is 11.2. The van der Waals surface area contributed by atoms with Crippen LogP contribution in [0.1, 0.15) is 62.4 Å². The number of alkyl halides is 4. The molecule has 0 radical (unpaired) electrons. The molecule has 2 aromatic rings. The topological polar surface area (TPSA) is 35.0 Å². The number of hydrogen-bond donors (Lipinski definition) is 0. The van der Waals surface area contributed by atoms with Crippen molar-refractivity contribution in [3.05, 3.63) is 53.6 Å². The van der Waals surface area contributed by atoms with Crippen LogP contribution in [-0.2, 0) is 6.42 Å². The Labute approximate surface area is 168 Å². The molecule has 7 heteroatoms. The SMILES string of the molecule is CCCCCCCCc1cnc(C#Cc2ccc(OC(F)(F)C(F)F)cc2)nc1. The predicted molar refractivity (Wildman–Crippen MR) is 103 cm³/mol. The molecule has 0 atom stereocenters. The van der Waals surface area contributed by atoms with Gasteiger partial charge in [-0.25, -0.2) is 9.97 Å². The van der Waals surface area contributed by atoms with Gasteiger partial charge in [0, 0.05) is 18.0 Å². The largest absolute Gasteiger partial charge is 0.461 e. The summed E-state index contributed by atoms with van der Waals surface area (Å²) < 4.78 is 54.0. The zero-order chi connectivity index (χ0) is 21.1. The van der Waals surface area contributed by atoms with Gasteiger partial charge >= 0.3 is 12.5 Å². The van der Waals surface area contributed by atoms with E-state index in [1.807, 2.05) is 0 Å². The average Bonchev–Trinajstić information content (AvgIpc) is 2.70. The Kier molecular flexibility index (Phi) is 8.91. The van der Waals surface area contributed by atoms with E-state index in [-0.39, 0.29) is 5.75 Å². The molecule has 0 aliphatic rings. The molecule has 0 aliphatic carbocycles. The zero-order valence-electron chi connectivity index (χ0n) is 16.3. The molecule has 0 N–H and O–H groups in total. The van der Waals surface area contributed by atoms with E-state index >= 15 is 0 Å². The number of benzene rings is 1. The smallest absolute Gasteiger partial charge is 0.428 e. The molecule has 0 saturated carbocycles. The van der Waals surface area contributed by atoms with Crippen molar-refractivity contribution in [2.75, 3.05) is 0 Å². The first kappa shape index (κ1) is 22.7. The van der Waals surface area contributed by atoms with Crippen LogP contribution in [0.5, 0.6) is 5.75 Å². The standard InChI is InChI=1S/C22H24F4N2O/c1-2-3-4-5-6-7-8-18-15-27-20(28-16-18)14-11-17-9-12-19(13-10-17)29-22(25,26)21(23)24/h9-10,12-13,15-16,21H,2-8H2,1H3. The van der Waals surface area contributed by atoms with Gasteiger partial charge in [0.2, 0.25) is 5.82 Å². The minimum Gasteiger partial charge on any atom is -0.428 e. The molecule has 0 bridgehead atoms. The highest BCUT2D eigenvalue weighted by Gasteiger charge is 2.43. The Morgan fingerprint density at radius 3 is 2.17 bits per heavy atom. The highest BCUT2D eigenvalue weighted by Crippen LogP contribution is 2.27. The van der Waals surface area contributed by atoms with Crippen LogP contribution >= 0.6 is 0 Å². The Bertz CT molecular complexity index is 796. The third-order valence-corrected chi connectivity index (χ3v) is 4.21. The fourth-order valence-electron chi connectivity index (χ4n) is 2.59. The maximum atomic E-state index is 12.9. The second-order valence-corrected chi connectivity index (χ2v) is 6.67. The number of rotatable bonds is 10. The molecule has 2 rings (SSSR count). The number of halogens is 4. The summed E-state index contributed by atoms with van der Waals surface area (Å²) in [5.41, 5.74) is 1.56. The van der Waals surface area contributed by atoms with Crippen LogP contribution in [0.15, 0.2) is 36.7 Å². The number of unbranched alkanes of at least 4 members (excludes halogenated alkanes) is 5. The summed E-state index contributed by atoms with van der Waals surface area (Å²) in [7, 11) is 0. The number of aryl methyl sites for hydroxylation is 1. The molecule has 3 nitrogen and oxygen atoms in total. The summed E-state index contributed by atoms with van der Waals surface area (Å²) >= 11 is 0. The molecule has 0 amide bonds. The van der Waals surface area contributed by atoms with Crippen LogP contribution in [0.25, 0.3) is 0 Å². The van der Waals surface area contributed by atoms with Crippen molar-refractivity contribution in [3.8, 4) is 17.6 Å². The van der Waals surface area contributed by atoms with E-state index in [0.717, 1.165) is 30.5 Å². The summed E-state index contributed by atoms with van der Waals surface area (Å²) in [6.07, 6.45) is 3.38. The fraction of sp³-hybridized carbons (Fsp3) is 0.455. The van der Waals surface area contributed by atoms with Gasteiger partial charge in [-0.1, -0.05) is 44.9 Å². The van der Waals surface area contributed by atoms with E-state index in [1.54, 1.807) is 12.4 Å². The van der Waals surface area contributed by atoms with Crippen LogP contribution in [0, 0.1) is 11.8 Å². The molecule has 0 fully saturated rings. The van der Waals surface area contributed by atoms with E-state index in [0.29, 0.717) is 11.4 Å². The molecule has 0 saturated heterocycles. The Hall–Kier alpha value is -2.62. The molecule has 0 unspecified atom stereocenters. The van der Waals surface area contributed by atoms with Crippen LogP contribution in [-0.4, -0.2) is 22.5 Å². The third kappa shape index (κ3) is 8.10. The summed E-state index contributed by atoms with van der Waals surface area (Å²) in [4.78, 5) is 8.43. The second kappa shape index (κ2) is 11.4. The zero-order valence-corrected chi connectivity index (χ0v) is 16.3. The van der Waals surface area contributed by atoms with Crippen LogP contribution in [0.3, 0.4) is 0 Å². The maximum Gasteiger partial charge on any atom is 0.461 e. The minimum absolute atomic E-state index is 0.348. The van der Waals surface area contributed by atoms with Gasteiger partial charge in [-0.2, -0.15) is 17.6 Å². The summed E-state index contributed by atoms with van der Waals surface area (Å²) in [6, 6.07) is 5.11. The van der Waals surface area contributed by atoms with E-state index in [2.05, 4.69) is 33.5 Å². The summed E-state index contributed by atoms with van der Waals surface area (Å²) in [6.45, 7) is 2.20. The lowest BCUT2D eigenvalue weighted by molar-refractivity contribution is -0.253. The molecule has 0 spiro atoms. The quantitative estimate of drug-likeness (QED) is 0.274. The van der Waals surface area contributed by atoms with Crippen molar-refractivity contribution in [1.82, 2.24) is 9.97 Å². The van der Waals surface area contributed by atoms with Gasteiger partial charge in [0.1, 0.15) is 5.75 Å². The molecule has 1 heterocycles. The van der Waals surface area contributed by atoms with Crippen LogP contribution in [0.2, 0.25) is 0 Å². The van der Waals surface area contributed by atoms with Crippen LogP contribution in [0.4, 0.5) is 17.6 Å². The van der Waals surface area contributed by atoms with Crippen molar-refractivity contribution in [2.45, 2.75) is 64.4 Å². The van der Waals surface area contributed by atoms with Crippen molar-refractivity contribution < 1.29 is 22.3 Å². The minimum atomic E-state index is -4.53. The summed E-state index contributed by atoms with van der Waals surface area (Å²) in [5.74, 6) is 5.57. The second-order valence-electron chi connectivity index (χ2n) is 6.67. The van der Waals surface area contributed by atoms with Crippen molar-refractivity contribution >= 4 is 0 Å². The van der Waals surface area contributed by atoms with Gasteiger partial charge in [-0.3, -0.25) is 0 Å². The van der Waals surface area contributed by atoms with Gasteiger partial charge in [0.05, 0.1) is 0 Å². The lowest BCUT2D eigenvalue weighted by Crippen LogP contribution is -2.33. The monoisotopic (exact) mass is 408 g/mol. The van der Waals surface area contributed by atoms with Crippen molar-refractivity contribution in [3.63, 3.8) is 0 Å². The molecule has 1 aromatic heterocycles. The number of nitrogens with zero attached hydrogens (tertiary/aromatic N) is 2. The first-order chi connectivity index (χ1) is 13.9. The molecule has 156 valence electrons. The number of ether oxygens (including phenoxy) is 1. The first-order valence-corrected chi connectivity index (χ1v) is 9.68. The molecule has 0 aliphatic heterocycles. The van der Waals surface area contributed by atoms with E-state index in [9.17, 15) is 17.6 Å². The van der Waals surface area contributed by atoms with E-state index in [4.69, 9.17) is 0 Å². The Morgan fingerprint density at radius 1 is 0.931 bits per heavy atom. The number of hydrogen-bond acceptors (Lipinski definition) is 3. The van der Waals surface area contributed by atoms with Gasteiger partial charge in [-0.15, -0.1) is 0 Å². The third-order valence-electron chi connectivity index (χ3n) is 4.21. The highest BCUT2D eigenvalue weighted by molar-refractivity contribution is 5.41. The van der Waals surface area contributed by atoms with E-state index < -0.39 is 12.5 Å². The molecule has 1 aromatic carbocycles. The first-order valence-electron chi connectivity index (χ1n) is 9.68. The van der Waals surface area contributed by atoms with Crippen molar-refractivity contribution in [1.29, 1.82) is 0 Å². The lowest BCUT2D eigenvalue weighted by Gasteiger charge is -2.16.